The Labute approximate surface area is 98.7 Å². The number of hydrogen-bond donors (Lipinski definition) is 1. The molecule has 0 radical (unpaired) electrons. The Bertz CT molecular complexity index is 400. The van der Waals surface area contributed by atoms with Gasteiger partial charge in [0.25, 0.3) is 5.69 Å². The van der Waals surface area contributed by atoms with Crippen LogP contribution >= 0.6 is 0 Å². The van der Waals surface area contributed by atoms with Gasteiger partial charge in [-0.15, -0.1) is 0 Å². The summed E-state index contributed by atoms with van der Waals surface area (Å²) in [6, 6.07) is 5.62. The van der Waals surface area contributed by atoms with Crippen LogP contribution in [0.4, 0.5) is 11.4 Å². The average Bonchev–Trinajstić information content (AvgIpc) is 2.27. The number of non-ortho nitro benzene ring substituents is 1. The molecule has 0 spiro atoms. The van der Waals surface area contributed by atoms with Crippen LogP contribution in [0.1, 0.15) is 13.8 Å². The van der Waals surface area contributed by atoms with Crippen molar-refractivity contribution in [1.29, 1.82) is 0 Å². The van der Waals surface area contributed by atoms with Crippen molar-refractivity contribution in [1.82, 2.24) is 0 Å². The SMILES string of the molecule is CC(C)OCC(=O)Nc1ccc([N+](=O)[O-])cc1. The quantitative estimate of drug-likeness (QED) is 0.628. The summed E-state index contributed by atoms with van der Waals surface area (Å²) in [5.74, 6) is -0.285. The first-order chi connectivity index (χ1) is 7.99. The van der Waals surface area contributed by atoms with Gasteiger partial charge in [0.1, 0.15) is 6.61 Å². The third-order valence-electron chi connectivity index (χ3n) is 1.91. The maximum atomic E-state index is 11.4. The van der Waals surface area contributed by atoms with Crippen molar-refractivity contribution < 1.29 is 14.5 Å². The molecule has 0 fully saturated rings. The minimum absolute atomic E-state index is 0.0126. The summed E-state index contributed by atoms with van der Waals surface area (Å²) in [5.41, 5.74) is 0.495. The molecular formula is C11H14N2O4. The van der Waals surface area contributed by atoms with Crippen LogP contribution < -0.4 is 5.32 Å². The van der Waals surface area contributed by atoms with Crippen molar-refractivity contribution in [2.24, 2.45) is 0 Å². The average molecular weight is 238 g/mol. The number of anilines is 1. The second kappa shape index (κ2) is 5.95. The molecule has 0 aliphatic carbocycles. The van der Waals surface area contributed by atoms with Crippen molar-refractivity contribution in [3.8, 4) is 0 Å². The monoisotopic (exact) mass is 238 g/mol. The van der Waals surface area contributed by atoms with Crippen LogP contribution in [-0.2, 0) is 9.53 Å². The van der Waals surface area contributed by atoms with Crippen LogP contribution in [-0.4, -0.2) is 23.5 Å². The largest absolute Gasteiger partial charge is 0.369 e. The van der Waals surface area contributed by atoms with E-state index in [-0.39, 0.29) is 24.3 Å². The van der Waals surface area contributed by atoms with Gasteiger partial charge in [-0.1, -0.05) is 0 Å². The number of carbonyl (C=O) groups is 1. The number of nitrogens with zero attached hydrogens (tertiary/aromatic N) is 1. The molecule has 1 N–H and O–H groups in total. The van der Waals surface area contributed by atoms with Gasteiger partial charge in [0.05, 0.1) is 11.0 Å². The maximum absolute atomic E-state index is 11.4. The number of carbonyl (C=O) groups excluding carboxylic acids is 1. The van der Waals surface area contributed by atoms with Crippen LogP contribution in [0.3, 0.4) is 0 Å². The molecule has 0 heterocycles. The molecule has 0 bridgehead atoms. The van der Waals surface area contributed by atoms with E-state index in [2.05, 4.69) is 5.32 Å². The van der Waals surface area contributed by atoms with Gasteiger partial charge in [-0.25, -0.2) is 0 Å². The number of nitro groups is 1. The highest BCUT2D eigenvalue weighted by molar-refractivity contribution is 5.91. The van der Waals surface area contributed by atoms with Gasteiger partial charge in [0.2, 0.25) is 5.91 Å². The lowest BCUT2D eigenvalue weighted by Crippen LogP contribution is -2.20. The molecule has 1 rings (SSSR count). The molecule has 0 unspecified atom stereocenters. The Morgan fingerprint density at radius 3 is 2.47 bits per heavy atom. The lowest BCUT2D eigenvalue weighted by molar-refractivity contribution is -0.384. The molecule has 0 atom stereocenters. The standard InChI is InChI=1S/C11H14N2O4/c1-8(2)17-7-11(14)12-9-3-5-10(6-4-9)13(15)16/h3-6,8H,7H2,1-2H3,(H,12,14). The first-order valence-corrected chi connectivity index (χ1v) is 5.15. The molecule has 1 aromatic carbocycles. The van der Waals surface area contributed by atoms with Crippen LogP contribution in [0, 0.1) is 10.1 Å². The van der Waals surface area contributed by atoms with Crippen LogP contribution in [0.5, 0.6) is 0 Å². The van der Waals surface area contributed by atoms with Gasteiger partial charge in [-0.05, 0) is 26.0 Å². The van der Waals surface area contributed by atoms with Crippen molar-refractivity contribution in [2.75, 3.05) is 11.9 Å². The van der Waals surface area contributed by atoms with E-state index in [9.17, 15) is 14.9 Å². The molecule has 92 valence electrons. The zero-order chi connectivity index (χ0) is 12.8. The van der Waals surface area contributed by atoms with Crippen LogP contribution in [0.2, 0.25) is 0 Å². The summed E-state index contributed by atoms with van der Waals surface area (Å²) in [4.78, 5) is 21.3. The summed E-state index contributed by atoms with van der Waals surface area (Å²) in [5, 5.41) is 13.0. The second-order valence-corrected chi connectivity index (χ2v) is 3.71. The van der Waals surface area contributed by atoms with Gasteiger partial charge in [0.15, 0.2) is 0 Å². The Hall–Kier alpha value is -1.95. The Morgan fingerprint density at radius 1 is 1.41 bits per heavy atom. The molecule has 0 aliphatic heterocycles. The number of nitrogens with one attached hydrogen (secondary N) is 1. The van der Waals surface area contributed by atoms with E-state index in [4.69, 9.17) is 4.74 Å². The van der Waals surface area contributed by atoms with Crippen molar-refractivity contribution in [3.05, 3.63) is 34.4 Å². The highest BCUT2D eigenvalue weighted by atomic mass is 16.6. The van der Waals surface area contributed by atoms with E-state index in [1.807, 2.05) is 13.8 Å². The minimum Gasteiger partial charge on any atom is -0.369 e. The predicted octanol–water partition coefficient (Wildman–Crippen LogP) is 1.96. The molecule has 0 aliphatic rings. The van der Waals surface area contributed by atoms with Gasteiger partial charge in [0, 0.05) is 17.8 Å². The van der Waals surface area contributed by atoms with Gasteiger partial charge < -0.3 is 10.1 Å². The molecule has 1 aromatic rings. The van der Waals surface area contributed by atoms with Gasteiger partial charge in [-0.2, -0.15) is 0 Å². The fourth-order valence-corrected chi connectivity index (χ4v) is 1.11. The number of benzene rings is 1. The third kappa shape index (κ3) is 4.60. The van der Waals surface area contributed by atoms with E-state index in [1.165, 1.54) is 24.3 Å². The van der Waals surface area contributed by atoms with E-state index in [0.29, 0.717) is 5.69 Å². The summed E-state index contributed by atoms with van der Waals surface area (Å²) in [6.07, 6.45) is -0.0161. The molecular weight excluding hydrogens is 224 g/mol. The lowest BCUT2D eigenvalue weighted by Gasteiger charge is -2.08. The topological polar surface area (TPSA) is 81.5 Å². The highest BCUT2D eigenvalue weighted by Gasteiger charge is 2.07. The minimum atomic E-state index is -0.493. The number of ether oxygens (including phenoxy) is 1. The number of rotatable bonds is 5. The fraction of sp³-hybridized carbons (Fsp3) is 0.364. The molecule has 1 amide bonds. The second-order valence-electron chi connectivity index (χ2n) is 3.71. The third-order valence-corrected chi connectivity index (χ3v) is 1.91. The van der Waals surface area contributed by atoms with Crippen LogP contribution in [0.15, 0.2) is 24.3 Å². The summed E-state index contributed by atoms with van der Waals surface area (Å²) in [6.45, 7) is 3.63. The van der Waals surface area contributed by atoms with Crippen molar-refractivity contribution in [3.63, 3.8) is 0 Å². The Kier molecular flexibility index (Phi) is 4.59. The molecule has 0 saturated carbocycles. The smallest absolute Gasteiger partial charge is 0.269 e. The first kappa shape index (κ1) is 13.1. The normalized spacial score (nSPS) is 10.3. The van der Waals surface area contributed by atoms with E-state index >= 15 is 0 Å². The maximum Gasteiger partial charge on any atom is 0.269 e. The van der Waals surface area contributed by atoms with E-state index < -0.39 is 4.92 Å². The molecule has 0 saturated heterocycles. The summed E-state index contributed by atoms with van der Waals surface area (Å²) < 4.78 is 5.12. The van der Waals surface area contributed by atoms with Gasteiger partial charge in [-0.3, -0.25) is 14.9 Å². The summed E-state index contributed by atoms with van der Waals surface area (Å²) in [7, 11) is 0. The highest BCUT2D eigenvalue weighted by Crippen LogP contribution is 2.15. The zero-order valence-corrected chi connectivity index (χ0v) is 9.67. The zero-order valence-electron chi connectivity index (χ0n) is 9.67. The van der Waals surface area contributed by atoms with Crippen molar-refractivity contribution >= 4 is 17.3 Å². The Morgan fingerprint density at radius 2 is 2.00 bits per heavy atom. The molecule has 17 heavy (non-hydrogen) atoms. The number of amides is 1. The Balaban J connectivity index is 2.51. The molecule has 6 nitrogen and oxygen atoms in total. The lowest BCUT2D eigenvalue weighted by atomic mass is 10.3. The fourth-order valence-electron chi connectivity index (χ4n) is 1.11. The van der Waals surface area contributed by atoms with Crippen LogP contribution in [0.25, 0.3) is 0 Å². The summed E-state index contributed by atoms with van der Waals surface area (Å²) >= 11 is 0. The van der Waals surface area contributed by atoms with E-state index in [0.717, 1.165) is 0 Å². The number of hydrogen-bond acceptors (Lipinski definition) is 4. The number of nitro benzene ring substituents is 1. The molecule has 6 heteroatoms. The first-order valence-electron chi connectivity index (χ1n) is 5.15. The molecule has 0 aromatic heterocycles. The van der Waals surface area contributed by atoms with Gasteiger partial charge >= 0.3 is 0 Å². The van der Waals surface area contributed by atoms with Crippen molar-refractivity contribution in [2.45, 2.75) is 20.0 Å². The van der Waals surface area contributed by atoms with E-state index in [1.54, 1.807) is 0 Å². The predicted molar refractivity (Wildman–Crippen MR) is 62.8 cm³/mol.